The van der Waals surface area contributed by atoms with Crippen LogP contribution in [0.1, 0.15) is 18.4 Å². The zero-order chi connectivity index (χ0) is 16.2. The molecule has 1 aromatic carbocycles. The summed E-state index contributed by atoms with van der Waals surface area (Å²) in [6, 6.07) is 5.90. The number of carbonyl (C=O) groups excluding carboxylic acids is 2. The van der Waals surface area contributed by atoms with Crippen LogP contribution in [-0.2, 0) is 21.0 Å². The van der Waals surface area contributed by atoms with E-state index < -0.39 is 6.04 Å². The summed E-state index contributed by atoms with van der Waals surface area (Å²) >= 11 is 0. The van der Waals surface area contributed by atoms with E-state index in [2.05, 4.69) is 5.32 Å². The van der Waals surface area contributed by atoms with Gasteiger partial charge in [-0.25, -0.2) is 9.45 Å². The van der Waals surface area contributed by atoms with Gasteiger partial charge in [0.25, 0.3) is 0 Å². The second-order valence-corrected chi connectivity index (χ2v) is 5.76. The number of halogens is 1. The Bertz CT molecular complexity index is 590. The van der Waals surface area contributed by atoms with E-state index in [1.807, 2.05) is 4.90 Å². The van der Waals surface area contributed by atoms with E-state index in [0.29, 0.717) is 38.3 Å². The molecule has 0 aromatic heterocycles. The van der Waals surface area contributed by atoms with Crippen LogP contribution in [0.4, 0.5) is 4.39 Å². The van der Waals surface area contributed by atoms with Gasteiger partial charge in [-0.3, -0.25) is 19.3 Å². The van der Waals surface area contributed by atoms with Gasteiger partial charge in [0.2, 0.25) is 11.8 Å². The Morgan fingerprint density at radius 2 is 2.17 bits per heavy atom. The van der Waals surface area contributed by atoms with Gasteiger partial charge in [0.05, 0.1) is 25.6 Å². The van der Waals surface area contributed by atoms with Crippen molar-refractivity contribution in [2.24, 2.45) is 0 Å². The van der Waals surface area contributed by atoms with Gasteiger partial charge in [-0.15, -0.1) is 0 Å². The molecule has 2 fully saturated rings. The van der Waals surface area contributed by atoms with Crippen LogP contribution in [0.3, 0.4) is 0 Å². The average Bonchev–Trinajstić information content (AvgIpc) is 3.07. The van der Waals surface area contributed by atoms with Crippen molar-refractivity contribution in [3.8, 4) is 0 Å². The summed E-state index contributed by atoms with van der Waals surface area (Å²) in [4.78, 5) is 31.5. The lowest BCUT2D eigenvalue weighted by Crippen LogP contribution is -2.56. The van der Waals surface area contributed by atoms with Crippen molar-refractivity contribution in [1.82, 2.24) is 15.3 Å². The van der Waals surface area contributed by atoms with Gasteiger partial charge in [0, 0.05) is 25.2 Å². The summed E-state index contributed by atoms with van der Waals surface area (Å²) in [6.07, 6.45) is 0.849. The third kappa shape index (κ3) is 3.68. The first-order valence-corrected chi connectivity index (χ1v) is 7.83. The molecule has 2 aliphatic rings. The third-order valence-electron chi connectivity index (χ3n) is 4.17. The fraction of sp³-hybridized carbons (Fsp3) is 0.500. The lowest BCUT2D eigenvalue weighted by atomic mass is 10.1. The molecule has 3 rings (SSSR count). The molecule has 2 heterocycles. The van der Waals surface area contributed by atoms with E-state index in [0.717, 1.165) is 6.42 Å². The van der Waals surface area contributed by atoms with E-state index in [1.54, 1.807) is 18.2 Å². The normalized spacial score (nSPS) is 22.2. The lowest BCUT2D eigenvalue weighted by molar-refractivity contribution is -0.171. The number of amides is 2. The second-order valence-electron chi connectivity index (χ2n) is 5.76. The molecule has 6 nitrogen and oxygen atoms in total. The minimum atomic E-state index is -0.597. The highest BCUT2D eigenvalue weighted by Crippen LogP contribution is 2.18. The molecule has 0 aliphatic carbocycles. The Hall–Kier alpha value is -1.99. The van der Waals surface area contributed by atoms with Crippen LogP contribution in [-0.4, -0.2) is 54.1 Å². The first-order valence-electron chi connectivity index (χ1n) is 7.83. The largest absolute Gasteiger partial charge is 0.353 e. The highest BCUT2D eigenvalue weighted by Gasteiger charge is 2.34. The Kier molecular flexibility index (Phi) is 4.88. The second kappa shape index (κ2) is 7.06. The fourth-order valence-corrected chi connectivity index (χ4v) is 2.93. The molecule has 7 heteroatoms. The monoisotopic (exact) mass is 321 g/mol. The molecule has 2 amide bonds. The summed E-state index contributed by atoms with van der Waals surface area (Å²) in [5, 5.41) is 4.10. The zero-order valence-corrected chi connectivity index (χ0v) is 12.8. The van der Waals surface area contributed by atoms with E-state index in [4.69, 9.17) is 4.84 Å². The first kappa shape index (κ1) is 15.9. The standard InChI is InChI=1S/C16H20FN3O3/c17-13-5-2-1-4-12(13)11-19-8-6-18-16(22)14(19)10-15(21)20-7-3-9-23-20/h1-2,4-5,14H,3,6-11H2,(H,18,22)/t14-/m1/s1. The quantitative estimate of drug-likeness (QED) is 0.886. The van der Waals surface area contributed by atoms with Crippen molar-refractivity contribution in [3.05, 3.63) is 35.6 Å². The predicted molar refractivity (Wildman–Crippen MR) is 80.5 cm³/mol. The van der Waals surface area contributed by atoms with Gasteiger partial charge in [-0.1, -0.05) is 18.2 Å². The van der Waals surface area contributed by atoms with Gasteiger partial charge < -0.3 is 5.32 Å². The number of hydrogen-bond donors (Lipinski definition) is 1. The molecule has 1 atom stereocenters. The maximum Gasteiger partial charge on any atom is 0.248 e. The summed E-state index contributed by atoms with van der Waals surface area (Å²) < 4.78 is 13.9. The molecule has 124 valence electrons. The van der Waals surface area contributed by atoms with Crippen molar-refractivity contribution in [2.45, 2.75) is 25.4 Å². The Morgan fingerprint density at radius 1 is 1.35 bits per heavy atom. The van der Waals surface area contributed by atoms with Crippen LogP contribution in [0, 0.1) is 5.82 Å². The van der Waals surface area contributed by atoms with E-state index in [-0.39, 0.29) is 24.1 Å². The minimum absolute atomic E-state index is 0.0420. The SMILES string of the molecule is O=C1NCCN(Cc2ccccc2F)[C@@H]1CC(=O)N1CCCO1. The highest BCUT2D eigenvalue weighted by molar-refractivity contribution is 5.88. The average molecular weight is 321 g/mol. The fourth-order valence-electron chi connectivity index (χ4n) is 2.93. The molecule has 0 bridgehead atoms. The van der Waals surface area contributed by atoms with Crippen molar-refractivity contribution in [2.75, 3.05) is 26.2 Å². The zero-order valence-electron chi connectivity index (χ0n) is 12.8. The molecule has 1 aromatic rings. The van der Waals surface area contributed by atoms with E-state index >= 15 is 0 Å². The summed E-state index contributed by atoms with van der Waals surface area (Å²) in [7, 11) is 0. The molecule has 0 spiro atoms. The Labute approximate surface area is 134 Å². The number of rotatable bonds is 4. The highest BCUT2D eigenvalue weighted by atomic mass is 19.1. The van der Waals surface area contributed by atoms with E-state index in [1.165, 1.54) is 11.1 Å². The molecular weight excluding hydrogens is 301 g/mol. The van der Waals surface area contributed by atoms with Crippen LogP contribution in [0.25, 0.3) is 0 Å². The molecule has 2 aliphatic heterocycles. The van der Waals surface area contributed by atoms with Gasteiger partial charge in [-0.2, -0.15) is 0 Å². The Balaban J connectivity index is 1.70. The smallest absolute Gasteiger partial charge is 0.248 e. The summed E-state index contributed by atoms with van der Waals surface area (Å²) in [5.41, 5.74) is 0.525. The van der Waals surface area contributed by atoms with Crippen LogP contribution in [0.2, 0.25) is 0 Å². The van der Waals surface area contributed by atoms with Crippen molar-refractivity contribution >= 4 is 11.8 Å². The van der Waals surface area contributed by atoms with Gasteiger partial charge >= 0.3 is 0 Å². The number of hydroxylamine groups is 2. The molecular formula is C16H20FN3O3. The predicted octanol–water partition coefficient (Wildman–Crippen LogP) is 0.680. The van der Waals surface area contributed by atoms with Crippen LogP contribution < -0.4 is 5.32 Å². The lowest BCUT2D eigenvalue weighted by Gasteiger charge is -2.35. The maximum atomic E-state index is 13.9. The third-order valence-corrected chi connectivity index (χ3v) is 4.17. The number of piperazine rings is 1. The van der Waals surface area contributed by atoms with Gasteiger partial charge in [0.1, 0.15) is 5.82 Å². The van der Waals surface area contributed by atoms with Crippen LogP contribution in [0.15, 0.2) is 24.3 Å². The van der Waals surface area contributed by atoms with Crippen LogP contribution in [0.5, 0.6) is 0 Å². The Morgan fingerprint density at radius 3 is 2.91 bits per heavy atom. The van der Waals surface area contributed by atoms with Crippen molar-refractivity contribution < 1.29 is 18.8 Å². The van der Waals surface area contributed by atoms with Crippen LogP contribution >= 0.6 is 0 Å². The number of nitrogens with zero attached hydrogens (tertiary/aromatic N) is 2. The molecule has 0 saturated carbocycles. The topological polar surface area (TPSA) is 61.9 Å². The number of benzene rings is 1. The molecule has 2 saturated heterocycles. The van der Waals surface area contributed by atoms with Crippen molar-refractivity contribution in [3.63, 3.8) is 0 Å². The molecule has 0 radical (unpaired) electrons. The number of hydrogen-bond acceptors (Lipinski definition) is 4. The minimum Gasteiger partial charge on any atom is -0.353 e. The summed E-state index contributed by atoms with van der Waals surface area (Å²) in [5.74, 6) is -0.699. The number of nitrogens with one attached hydrogen (secondary N) is 1. The number of carbonyl (C=O) groups is 2. The molecule has 23 heavy (non-hydrogen) atoms. The maximum absolute atomic E-state index is 13.9. The van der Waals surface area contributed by atoms with Crippen molar-refractivity contribution in [1.29, 1.82) is 0 Å². The van der Waals surface area contributed by atoms with Gasteiger partial charge in [0.15, 0.2) is 0 Å². The molecule has 1 N–H and O–H groups in total. The first-order chi connectivity index (χ1) is 11.1. The molecule has 0 unspecified atom stereocenters. The van der Waals surface area contributed by atoms with E-state index in [9.17, 15) is 14.0 Å². The van der Waals surface area contributed by atoms with Gasteiger partial charge in [-0.05, 0) is 12.5 Å². The summed E-state index contributed by atoms with van der Waals surface area (Å²) in [6.45, 7) is 2.47.